The molecule has 23 heavy (non-hydrogen) atoms. The molecule has 2 aromatic heterocycles. The summed E-state index contributed by atoms with van der Waals surface area (Å²) >= 11 is 1.14. The Morgan fingerprint density at radius 1 is 1.30 bits per heavy atom. The van der Waals surface area contributed by atoms with Crippen molar-refractivity contribution in [3.05, 3.63) is 30.5 Å². The van der Waals surface area contributed by atoms with E-state index >= 15 is 0 Å². The van der Waals surface area contributed by atoms with Gasteiger partial charge in [-0.2, -0.15) is 5.10 Å². The van der Waals surface area contributed by atoms with Gasteiger partial charge in [-0.05, 0) is 0 Å². The van der Waals surface area contributed by atoms with E-state index in [0.717, 1.165) is 11.8 Å². The Morgan fingerprint density at radius 3 is 2.74 bits per heavy atom. The number of ether oxygens (including phenoxy) is 1. The molecule has 1 fully saturated rings. The minimum atomic E-state index is -1.30. The molecule has 3 rings (SSSR count). The summed E-state index contributed by atoms with van der Waals surface area (Å²) in [6, 6.07) is 1.17. The van der Waals surface area contributed by atoms with Gasteiger partial charge in [-0.1, -0.05) is 0 Å². The highest BCUT2D eigenvalue weighted by Crippen LogP contribution is 2.30. The van der Waals surface area contributed by atoms with Crippen LogP contribution in [0, 0.1) is 5.82 Å². The van der Waals surface area contributed by atoms with Crippen LogP contribution in [-0.2, 0) is 7.05 Å². The van der Waals surface area contributed by atoms with Gasteiger partial charge in [0.05, 0.1) is 18.5 Å². The van der Waals surface area contributed by atoms with Crippen LogP contribution < -0.4 is 4.74 Å². The maximum absolute atomic E-state index is 14.2. The van der Waals surface area contributed by atoms with Crippen LogP contribution in [0.15, 0.2) is 24.7 Å². The lowest BCUT2D eigenvalue weighted by Crippen LogP contribution is -2.50. The quantitative estimate of drug-likeness (QED) is 0.731. The Hall–Kier alpha value is -1.68. The Bertz CT molecular complexity index is 698. The summed E-state index contributed by atoms with van der Waals surface area (Å²) < 4.78 is 21.2. The summed E-state index contributed by atoms with van der Waals surface area (Å²) in [5.41, 5.74) is -0.112. The van der Waals surface area contributed by atoms with Crippen LogP contribution in [0.25, 0.3) is 11.3 Å². The number of halogens is 1. The van der Waals surface area contributed by atoms with Gasteiger partial charge in [0, 0.05) is 30.6 Å². The van der Waals surface area contributed by atoms with Crippen LogP contribution in [0.5, 0.6) is 5.75 Å². The van der Waals surface area contributed by atoms with Gasteiger partial charge >= 0.3 is 0 Å². The van der Waals surface area contributed by atoms with Crippen molar-refractivity contribution in [1.29, 1.82) is 0 Å². The van der Waals surface area contributed by atoms with Gasteiger partial charge in [0.2, 0.25) is 0 Å². The number of aromatic nitrogens is 3. The van der Waals surface area contributed by atoms with Crippen molar-refractivity contribution in [2.75, 3.05) is 5.75 Å². The van der Waals surface area contributed by atoms with E-state index in [1.165, 1.54) is 18.5 Å². The first-order valence-electron chi connectivity index (χ1n) is 6.92. The molecule has 124 valence electrons. The Labute approximate surface area is 135 Å². The zero-order valence-electron chi connectivity index (χ0n) is 12.2. The molecule has 0 amide bonds. The molecule has 3 heterocycles. The fourth-order valence-electron chi connectivity index (χ4n) is 2.26. The number of nitrogens with zero attached hydrogens (tertiary/aromatic N) is 3. The van der Waals surface area contributed by atoms with Gasteiger partial charge < -0.3 is 20.1 Å². The average molecular weight is 341 g/mol. The summed E-state index contributed by atoms with van der Waals surface area (Å²) in [5, 5.41) is 33.0. The number of rotatable bonds is 3. The zero-order chi connectivity index (χ0) is 16.6. The molecule has 0 spiro atoms. The first-order valence-corrected chi connectivity index (χ1v) is 7.97. The monoisotopic (exact) mass is 341 g/mol. The van der Waals surface area contributed by atoms with Crippen LogP contribution >= 0.6 is 11.8 Å². The molecule has 2 aromatic rings. The molecule has 0 aliphatic carbocycles. The fraction of sp³-hybridized carbons (Fsp3) is 0.429. The van der Waals surface area contributed by atoms with E-state index in [1.807, 2.05) is 0 Å². The highest BCUT2D eigenvalue weighted by molar-refractivity contribution is 7.99. The maximum atomic E-state index is 14.2. The SMILES string of the molecule is Cn1cc(-c2ncc(O[C@@H]3SC[C@@H](O)[C@H](O)[C@H]3O)cc2F)cn1. The minimum Gasteiger partial charge on any atom is -0.475 e. The highest BCUT2D eigenvalue weighted by atomic mass is 32.2. The molecule has 0 bridgehead atoms. The summed E-state index contributed by atoms with van der Waals surface area (Å²) in [5.74, 6) is -0.228. The molecule has 1 aliphatic heterocycles. The van der Waals surface area contributed by atoms with Gasteiger partial charge in [0.15, 0.2) is 11.3 Å². The maximum Gasteiger partial charge on any atom is 0.173 e. The van der Waals surface area contributed by atoms with Gasteiger partial charge in [0.1, 0.15) is 23.7 Å². The number of pyridine rings is 1. The summed E-state index contributed by atoms with van der Waals surface area (Å²) in [6.45, 7) is 0. The normalized spacial score (nSPS) is 27.9. The van der Waals surface area contributed by atoms with E-state index in [9.17, 15) is 19.7 Å². The van der Waals surface area contributed by atoms with Crippen LogP contribution in [0.1, 0.15) is 0 Å². The molecule has 3 N–H and O–H groups in total. The largest absolute Gasteiger partial charge is 0.475 e. The molecule has 0 saturated carbocycles. The number of aliphatic hydroxyl groups is 3. The van der Waals surface area contributed by atoms with Crippen molar-refractivity contribution in [3.63, 3.8) is 0 Å². The molecule has 1 saturated heterocycles. The van der Waals surface area contributed by atoms with E-state index in [4.69, 9.17) is 4.74 Å². The van der Waals surface area contributed by atoms with Crippen molar-refractivity contribution < 1.29 is 24.4 Å². The topological polar surface area (TPSA) is 101 Å². The third kappa shape index (κ3) is 3.32. The summed E-state index contributed by atoms with van der Waals surface area (Å²) in [7, 11) is 1.72. The summed E-state index contributed by atoms with van der Waals surface area (Å²) in [4.78, 5) is 4.03. The molecule has 9 heteroatoms. The number of hydrogen-bond donors (Lipinski definition) is 3. The van der Waals surface area contributed by atoms with E-state index in [-0.39, 0.29) is 17.2 Å². The zero-order valence-corrected chi connectivity index (χ0v) is 13.0. The second-order valence-corrected chi connectivity index (χ2v) is 6.40. The molecule has 4 atom stereocenters. The Balaban J connectivity index is 1.76. The third-order valence-corrected chi connectivity index (χ3v) is 4.74. The van der Waals surface area contributed by atoms with Crippen molar-refractivity contribution in [2.45, 2.75) is 23.7 Å². The third-order valence-electron chi connectivity index (χ3n) is 3.50. The molecule has 7 nitrogen and oxygen atoms in total. The smallest absolute Gasteiger partial charge is 0.173 e. The van der Waals surface area contributed by atoms with Crippen LogP contribution in [-0.4, -0.2) is 59.6 Å². The minimum absolute atomic E-state index is 0.135. The highest BCUT2D eigenvalue weighted by Gasteiger charge is 2.38. The van der Waals surface area contributed by atoms with Gasteiger partial charge in [-0.25, -0.2) is 9.37 Å². The van der Waals surface area contributed by atoms with E-state index in [0.29, 0.717) is 5.56 Å². The molecule has 0 unspecified atom stereocenters. The number of hydrogen-bond acceptors (Lipinski definition) is 7. The molecule has 1 aliphatic rings. The molecular weight excluding hydrogens is 325 g/mol. The predicted octanol–water partition coefficient (Wildman–Crippen LogP) is 0.156. The number of thioether (sulfide) groups is 1. The fourth-order valence-corrected chi connectivity index (χ4v) is 3.38. The molecule has 0 aromatic carbocycles. The second kappa shape index (κ2) is 6.44. The van der Waals surface area contributed by atoms with Gasteiger partial charge in [-0.3, -0.25) is 4.68 Å². The Kier molecular flexibility index (Phi) is 4.53. The van der Waals surface area contributed by atoms with Crippen molar-refractivity contribution >= 4 is 11.8 Å². The lowest BCUT2D eigenvalue weighted by Gasteiger charge is -2.34. The van der Waals surface area contributed by atoms with Crippen LogP contribution in [0.3, 0.4) is 0 Å². The standard InChI is InChI=1S/C14H16FN3O4S/c1-18-5-7(3-17-18)11-9(15)2-8(4-16-11)22-14-13(21)12(20)10(19)6-23-14/h2-5,10,12-14,19-21H,6H2,1H3/t10-,12+,13-,14-/m1/s1. The lowest BCUT2D eigenvalue weighted by atomic mass is 10.1. The van der Waals surface area contributed by atoms with Crippen LogP contribution in [0.4, 0.5) is 4.39 Å². The lowest BCUT2D eigenvalue weighted by molar-refractivity contribution is -0.0786. The van der Waals surface area contributed by atoms with Gasteiger partial charge in [0.25, 0.3) is 0 Å². The van der Waals surface area contributed by atoms with Crippen LogP contribution in [0.2, 0.25) is 0 Å². The predicted molar refractivity (Wildman–Crippen MR) is 81.3 cm³/mol. The first-order chi connectivity index (χ1) is 11.0. The second-order valence-electron chi connectivity index (χ2n) is 5.27. The van der Waals surface area contributed by atoms with E-state index in [1.54, 1.807) is 17.9 Å². The molecule has 0 radical (unpaired) electrons. The molecular formula is C14H16FN3O4S. The number of aryl methyl sites for hydroxylation is 1. The number of aliphatic hydroxyl groups excluding tert-OH is 3. The Morgan fingerprint density at radius 2 is 2.09 bits per heavy atom. The first kappa shape index (κ1) is 16.2. The van der Waals surface area contributed by atoms with Crippen molar-refractivity contribution in [1.82, 2.24) is 14.8 Å². The van der Waals surface area contributed by atoms with Crippen molar-refractivity contribution in [2.24, 2.45) is 7.05 Å². The van der Waals surface area contributed by atoms with E-state index < -0.39 is 29.6 Å². The average Bonchev–Trinajstić information content (AvgIpc) is 2.94. The van der Waals surface area contributed by atoms with Gasteiger partial charge in [-0.15, -0.1) is 11.8 Å². The van der Waals surface area contributed by atoms with Crippen molar-refractivity contribution in [3.8, 4) is 17.0 Å². The summed E-state index contributed by atoms with van der Waals surface area (Å²) in [6.07, 6.45) is 0.904. The van der Waals surface area contributed by atoms with E-state index in [2.05, 4.69) is 10.1 Å².